The number of carbonyl (C=O) groups is 1. The third-order valence-corrected chi connectivity index (χ3v) is 3.34. The van der Waals surface area contributed by atoms with Gasteiger partial charge in [0.25, 0.3) is 0 Å². The molecule has 0 aromatic carbocycles. The van der Waals surface area contributed by atoms with E-state index in [1.165, 1.54) is 24.8 Å². The zero-order valence-electron chi connectivity index (χ0n) is 10.4. The van der Waals surface area contributed by atoms with Gasteiger partial charge in [0.1, 0.15) is 6.29 Å². The monoisotopic (exact) mass is 208 g/mol. The number of aldehydes is 1. The summed E-state index contributed by atoms with van der Waals surface area (Å²) >= 11 is 0. The maximum atomic E-state index is 11.0. The van der Waals surface area contributed by atoms with Crippen LogP contribution in [0.25, 0.3) is 0 Å². The lowest BCUT2D eigenvalue weighted by Gasteiger charge is -2.28. The second kappa shape index (κ2) is 5.48. The molecule has 0 aliphatic heterocycles. The molecule has 1 atom stereocenters. The van der Waals surface area contributed by atoms with Crippen LogP contribution in [0.5, 0.6) is 0 Å². The van der Waals surface area contributed by atoms with Gasteiger partial charge in [0.15, 0.2) is 0 Å². The van der Waals surface area contributed by atoms with Crippen LogP contribution in [0, 0.1) is 11.3 Å². The largest absolute Gasteiger partial charge is 0.303 e. The molecule has 86 valence electrons. The van der Waals surface area contributed by atoms with E-state index in [-0.39, 0.29) is 5.41 Å². The first-order valence-corrected chi connectivity index (χ1v) is 6.20. The van der Waals surface area contributed by atoms with Gasteiger partial charge in [0.2, 0.25) is 0 Å². The van der Waals surface area contributed by atoms with E-state index in [1.54, 1.807) is 0 Å². The zero-order chi connectivity index (χ0) is 11.3. The molecule has 1 unspecified atom stereocenters. The van der Waals surface area contributed by atoms with Gasteiger partial charge in [-0.25, -0.2) is 0 Å². The van der Waals surface area contributed by atoms with E-state index in [0.717, 1.165) is 31.5 Å². The van der Waals surface area contributed by atoms with Crippen molar-refractivity contribution < 1.29 is 4.79 Å². The average Bonchev–Trinajstić information content (AvgIpc) is 2.17. The molecule has 1 heteroatoms. The molecular weight excluding hydrogens is 184 g/mol. The Balaban J connectivity index is 2.36. The Bertz CT molecular complexity index is 240. The first kappa shape index (κ1) is 12.5. The topological polar surface area (TPSA) is 17.1 Å². The molecule has 0 aromatic rings. The van der Waals surface area contributed by atoms with E-state index < -0.39 is 0 Å². The summed E-state index contributed by atoms with van der Waals surface area (Å²) in [6, 6.07) is 0. The van der Waals surface area contributed by atoms with Gasteiger partial charge in [0.05, 0.1) is 0 Å². The van der Waals surface area contributed by atoms with Crippen molar-refractivity contribution in [3.05, 3.63) is 11.6 Å². The van der Waals surface area contributed by atoms with Gasteiger partial charge in [-0.15, -0.1) is 0 Å². The second-order valence-corrected chi connectivity index (χ2v) is 5.64. The number of hydrogen-bond donors (Lipinski definition) is 0. The van der Waals surface area contributed by atoms with Crippen LogP contribution in [-0.2, 0) is 4.79 Å². The number of rotatable bonds is 5. The van der Waals surface area contributed by atoms with Gasteiger partial charge in [-0.1, -0.05) is 38.8 Å². The molecular formula is C14H24O. The second-order valence-electron chi connectivity index (χ2n) is 5.64. The summed E-state index contributed by atoms with van der Waals surface area (Å²) in [6.07, 6.45) is 10.4. The third-order valence-electron chi connectivity index (χ3n) is 3.34. The molecule has 0 amide bonds. The van der Waals surface area contributed by atoms with Crippen molar-refractivity contribution in [1.82, 2.24) is 0 Å². The quantitative estimate of drug-likeness (QED) is 0.490. The van der Waals surface area contributed by atoms with Crippen LogP contribution in [0.3, 0.4) is 0 Å². The standard InChI is InChI=1S/C14H24O/c1-12(2)6-4-7-13-8-5-9-14(3,10-13)11-15/h8,11-12H,4-7,9-10H2,1-3H3. The Hall–Kier alpha value is -0.590. The molecule has 1 rings (SSSR count). The van der Waals surface area contributed by atoms with Crippen LogP contribution < -0.4 is 0 Å². The highest BCUT2D eigenvalue weighted by atomic mass is 16.1. The van der Waals surface area contributed by atoms with Crippen molar-refractivity contribution in [2.75, 3.05) is 0 Å². The molecule has 0 saturated carbocycles. The minimum Gasteiger partial charge on any atom is -0.303 e. The predicted molar refractivity (Wildman–Crippen MR) is 64.8 cm³/mol. The smallest absolute Gasteiger partial charge is 0.126 e. The summed E-state index contributed by atoms with van der Waals surface area (Å²) in [4.78, 5) is 11.0. The molecule has 0 fully saturated rings. The molecule has 0 radical (unpaired) electrons. The van der Waals surface area contributed by atoms with Crippen LogP contribution in [0.15, 0.2) is 11.6 Å². The number of carbonyl (C=O) groups excluding carboxylic acids is 1. The molecule has 0 N–H and O–H groups in total. The van der Waals surface area contributed by atoms with Crippen LogP contribution in [-0.4, -0.2) is 6.29 Å². The third kappa shape index (κ3) is 4.19. The molecule has 0 spiro atoms. The Labute approximate surface area is 93.9 Å². The van der Waals surface area contributed by atoms with Gasteiger partial charge in [0, 0.05) is 5.41 Å². The van der Waals surface area contributed by atoms with Crippen molar-refractivity contribution >= 4 is 6.29 Å². The molecule has 0 aromatic heterocycles. The van der Waals surface area contributed by atoms with Crippen molar-refractivity contribution in [1.29, 1.82) is 0 Å². The number of hydrogen-bond acceptors (Lipinski definition) is 1. The summed E-state index contributed by atoms with van der Waals surface area (Å²) in [7, 11) is 0. The summed E-state index contributed by atoms with van der Waals surface area (Å²) in [5.74, 6) is 0.798. The summed E-state index contributed by atoms with van der Waals surface area (Å²) < 4.78 is 0. The van der Waals surface area contributed by atoms with E-state index in [9.17, 15) is 4.79 Å². The highest BCUT2D eigenvalue weighted by Crippen LogP contribution is 2.35. The molecule has 0 heterocycles. The maximum absolute atomic E-state index is 11.0. The van der Waals surface area contributed by atoms with E-state index in [0.29, 0.717) is 0 Å². The fourth-order valence-electron chi connectivity index (χ4n) is 2.31. The van der Waals surface area contributed by atoms with E-state index in [1.807, 2.05) is 0 Å². The Morgan fingerprint density at radius 1 is 1.53 bits per heavy atom. The van der Waals surface area contributed by atoms with E-state index >= 15 is 0 Å². The van der Waals surface area contributed by atoms with Gasteiger partial charge >= 0.3 is 0 Å². The molecule has 0 saturated heterocycles. The minimum absolute atomic E-state index is 0.0675. The Kier molecular flexibility index (Phi) is 4.56. The lowest BCUT2D eigenvalue weighted by atomic mass is 9.76. The van der Waals surface area contributed by atoms with E-state index in [4.69, 9.17) is 0 Å². The number of allylic oxidation sites excluding steroid dienone is 2. The van der Waals surface area contributed by atoms with Crippen LogP contribution in [0.2, 0.25) is 0 Å². The van der Waals surface area contributed by atoms with E-state index in [2.05, 4.69) is 26.8 Å². The summed E-state index contributed by atoms with van der Waals surface area (Å²) in [5.41, 5.74) is 1.44. The summed E-state index contributed by atoms with van der Waals surface area (Å²) in [6.45, 7) is 6.63. The highest BCUT2D eigenvalue weighted by molar-refractivity contribution is 5.59. The Morgan fingerprint density at radius 2 is 2.27 bits per heavy atom. The molecule has 1 aliphatic carbocycles. The lowest BCUT2D eigenvalue weighted by Crippen LogP contribution is -2.21. The van der Waals surface area contributed by atoms with Gasteiger partial charge < -0.3 is 4.79 Å². The fraction of sp³-hybridized carbons (Fsp3) is 0.786. The van der Waals surface area contributed by atoms with Crippen molar-refractivity contribution in [2.24, 2.45) is 11.3 Å². The molecule has 0 bridgehead atoms. The van der Waals surface area contributed by atoms with Gasteiger partial charge in [-0.3, -0.25) is 0 Å². The van der Waals surface area contributed by atoms with Gasteiger partial charge in [-0.05, 0) is 38.0 Å². The minimum atomic E-state index is -0.0675. The molecule has 1 aliphatic rings. The summed E-state index contributed by atoms with van der Waals surface area (Å²) in [5, 5.41) is 0. The average molecular weight is 208 g/mol. The van der Waals surface area contributed by atoms with Crippen LogP contribution >= 0.6 is 0 Å². The van der Waals surface area contributed by atoms with Crippen LogP contribution in [0.1, 0.15) is 59.3 Å². The van der Waals surface area contributed by atoms with Crippen LogP contribution in [0.4, 0.5) is 0 Å². The van der Waals surface area contributed by atoms with Gasteiger partial charge in [-0.2, -0.15) is 0 Å². The fourth-order valence-corrected chi connectivity index (χ4v) is 2.31. The SMILES string of the molecule is CC(C)CCCC1=CCCC(C)(C=O)C1. The predicted octanol–water partition coefficient (Wildman–Crippen LogP) is 4.13. The lowest BCUT2D eigenvalue weighted by molar-refractivity contribution is -0.115. The molecule has 1 nitrogen and oxygen atoms in total. The first-order valence-electron chi connectivity index (χ1n) is 6.20. The molecule has 15 heavy (non-hydrogen) atoms. The normalized spacial score (nSPS) is 26.5. The maximum Gasteiger partial charge on any atom is 0.126 e. The van der Waals surface area contributed by atoms with Crippen molar-refractivity contribution in [3.8, 4) is 0 Å². The zero-order valence-corrected chi connectivity index (χ0v) is 10.4. The van der Waals surface area contributed by atoms with Crippen molar-refractivity contribution in [3.63, 3.8) is 0 Å². The highest BCUT2D eigenvalue weighted by Gasteiger charge is 2.26. The first-order chi connectivity index (χ1) is 7.06. The Morgan fingerprint density at radius 3 is 2.87 bits per heavy atom. The van der Waals surface area contributed by atoms with Crippen molar-refractivity contribution in [2.45, 2.75) is 59.3 Å².